The number of nitrogens with two attached hydrogens (primary N) is 1. The predicted molar refractivity (Wildman–Crippen MR) is 89.0 cm³/mol. The Labute approximate surface area is 129 Å². The van der Waals surface area contributed by atoms with Crippen LogP contribution in [0.2, 0.25) is 0 Å². The summed E-state index contributed by atoms with van der Waals surface area (Å²) in [5.41, 5.74) is 8.06. The second kappa shape index (κ2) is 6.80. The summed E-state index contributed by atoms with van der Waals surface area (Å²) in [7, 11) is 0. The van der Waals surface area contributed by atoms with Crippen LogP contribution in [0.1, 0.15) is 59.1 Å². The minimum Gasteiger partial charge on any atom is -0.493 e. The van der Waals surface area contributed by atoms with Crippen LogP contribution in [0, 0.1) is 0 Å². The van der Waals surface area contributed by atoms with E-state index in [-0.39, 0.29) is 17.4 Å². The smallest absolute Gasteiger partial charge is 0.123 e. The standard InChI is InChI=1S/C18H31NO2/c1-17(2,3)13-7-8-16(15(11-13)18(4,5)6)21-10-9-14(20)12-19/h7-8,11,14,20H,9-10,12,19H2,1-6H3. The highest BCUT2D eigenvalue weighted by molar-refractivity contribution is 5.43. The number of aliphatic hydroxyl groups is 1. The van der Waals surface area contributed by atoms with Gasteiger partial charge in [-0.25, -0.2) is 0 Å². The number of ether oxygens (including phenoxy) is 1. The van der Waals surface area contributed by atoms with Gasteiger partial charge >= 0.3 is 0 Å². The summed E-state index contributed by atoms with van der Waals surface area (Å²) in [6.45, 7) is 14.0. The molecule has 1 aromatic rings. The largest absolute Gasteiger partial charge is 0.493 e. The first kappa shape index (κ1) is 18.0. The summed E-state index contributed by atoms with van der Waals surface area (Å²) in [5.74, 6) is 0.903. The molecule has 0 bridgehead atoms. The van der Waals surface area contributed by atoms with Gasteiger partial charge in [0.1, 0.15) is 5.75 Å². The van der Waals surface area contributed by atoms with Crippen LogP contribution < -0.4 is 10.5 Å². The molecule has 0 saturated heterocycles. The van der Waals surface area contributed by atoms with E-state index >= 15 is 0 Å². The lowest BCUT2D eigenvalue weighted by Gasteiger charge is -2.27. The minimum atomic E-state index is -0.489. The Morgan fingerprint density at radius 1 is 1.10 bits per heavy atom. The zero-order valence-corrected chi connectivity index (χ0v) is 14.4. The molecule has 1 aromatic carbocycles. The van der Waals surface area contributed by atoms with Crippen molar-refractivity contribution in [3.63, 3.8) is 0 Å². The monoisotopic (exact) mass is 293 g/mol. The Hall–Kier alpha value is -1.06. The van der Waals surface area contributed by atoms with Crippen molar-refractivity contribution in [3.8, 4) is 5.75 Å². The van der Waals surface area contributed by atoms with Gasteiger partial charge in [-0.2, -0.15) is 0 Å². The normalized spacial score (nSPS) is 14.1. The summed E-state index contributed by atoms with van der Waals surface area (Å²) in [6.07, 6.45) is 0.0677. The quantitative estimate of drug-likeness (QED) is 0.875. The molecule has 1 atom stereocenters. The van der Waals surface area contributed by atoms with Gasteiger partial charge in [0.2, 0.25) is 0 Å². The third-order valence-electron chi connectivity index (χ3n) is 3.63. The molecule has 0 aliphatic carbocycles. The summed E-state index contributed by atoms with van der Waals surface area (Å²) < 4.78 is 5.89. The highest BCUT2D eigenvalue weighted by Crippen LogP contribution is 2.35. The van der Waals surface area contributed by atoms with Crippen LogP contribution in [-0.4, -0.2) is 24.4 Å². The Balaban J connectivity index is 2.98. The number of benzene rings is 1. The fourth-order valence-electron chi connectivity index (χ4n) is 2.13. The molecule has 0 saturated carbocycles. The first-order valence-electron chi connectivity index (χ1n) is 7.71. The first-order valence-corrected chi connectivity index (χ1v) is 7.71. The van der Waals surface area contributed by atoms with Crippen LogP contribution in [0.25, 0.3) is 0 Å². The molecule has 0 spiro atoms. The van der Waals surface area contributed by atoms with Crippen LogP contribution in [0.5, 0.6) is 5.75 Å². The van der Waals surface area contributed by atoms with Crippen LogP contribution in [0.3, 0.4) is 0 Å². The maximum absolute atomic E-state index is 9.51. The van der Waals surface area contributed by atoms with Gasteiger partial charge in [0, 0.05) is 13.0 Å². The van der Waals surface area contributed by atoms with Gasteiger partial charge in [-0.05, 0) is 28.0 Å². The van der Waals surface area contributed by atoms with Crippen molar-refractivity contribution in [3.05, 3.63) is 29.3 Å². The Morgan fingerprint density at radius 2 is 1.71 bits per heavy atom. The van der Waals surface area contributed by atoms with Crippen molar-refractivity contribution in [1.82, 2.24) is 0 Å². The summed E-state index contributed by atoms with van der Waals surface area (Å²) in [4.78, 5) is 0. The molecule has 3 nitrogen and oxygen atoms in total. The number of rotatable bonds is 5. The zero-order valence-electron chi connectivity index (χ0n) is 14.4. The average Bonchev–Trinajstić information content (AvgIpc) is 2.36. The van der Waals surface area contributed by atoms with E-state index in [1.165, 1.54) is 11.1 Å². The molecule has 0 aromatic heterocycles. The Kier molecular flexibility index (Phi) is 5.83. The highest BCUT2D eigenvalue weighted by atomic mass is 16.5. The maximum Gasteiger partial charge on any atom is 0.123 e. The molecule has 3 heteroatoms. The molecular weight excluding hydrogens is 262 g/mol. The van der Waals surface area contributed by atoms with Crippen molar-refractivity contribution in [2.75, 3.05) is 13.2 Å². The van der Waals surface area contributed by atoms with Crippen LogP contribution in [-0.2, 0) is 10.8 Å². The molecule has 0 heterocycles. The molecule has 1 rings (SSSR count). The van der Waals surface area contributed by atoms with Gasteiger partial charge in [-0.3, -0.25) is 0 Å². The van der Waals surface area contributed by atoms with Crippen LogP contribution >= 0.6 is 0 Å². The van der Waals surface area contributed by atoms with E-state index in [0.717, 1.165) is 5.75 Å². The SMILES string of the molecule is CC(C)(C)c1ccc(OCCC(O)CN)c(C(C)(C)C)c1. The van der Waals surface area contributed by atoms with E-state index in [2.05, 4.69) is 59.7 Å². The number of hydrogen-bond donors (Lipinski definition) is 2. The molecule has 1 unspecified atom stereocenters. The number of aliphatic hydroxyl groups excluding tert-OH is 1. The fourth-order valence-corrected chi connectivity index (χ4v) is 2.13. The van der Waals surface area contributed by atoms with E-state index in [1.54, 1.807) is 0 Å². The van der Waals surface area contributed by atoms with Crippen molar-refractivity contribution in [1.29, 1.82) is 0 Å². The van der Waals surface area contributed by atoms with E-state index in [1.807, 2.05) is 0 Å². The van der Waals surface area contributed by atoms with Gasteiger partial charge in [-0.1, -0.05) is 53.7 Å². The van der Waals surface area contributed by atoms with Crippen LogP contribution in [0.15, 0.2) is 18.2 Å². The molecule has 120 valence electrons. The topological polar surface area (TPSA) is 55.5 Å². The highest BCUT2D eigenvalue weighted by Gasteiger charge is 2.23. The third-order valence-corrected chi connectivity index (χ3v) is 3.63. The average molecular weight is 293 g/mol. The van der Waals surface area contributed by atoms with Gasteiger partial charge in [0.05, 0.1) is 12.7 Å². The Morgan fingerprint density at radius 3 is 2.19 bits per heavy atom. The predicted octanol–water partition coefficient (Wildman–Crippen LogP) is 3.37. The fraction of sp³-hybridized carbons (Fsp3) is 0.667. The van der Waals surface area contributed by atoms with E-state index in [9.17, 15) is 5.11 Å². The Bertz CT molecular complexity index is 455. The van der Waals surface area contributed by atoms with E-state index in [0.29, 0.717) is 13.0 Å². The summed E-state index contributed by atoms with van der Waals surface area (Å²) in [6, 6.07) is 6.43. The lowest BCUT2D eigenvalue weighted by Crippen LogP contribution is -2.23. The van der Waals surface area contributed by atoms with Crippen molar-refractivity contribution in [2.45, 2.75) is 64.9 Å². The number of hydrogen-bond acceptors (Lipinski definition) is 3. The maximum atomic E-state index is 9.51. The third kappa shape index (κ3) is 5.33. The van der Waals surface area contributed by atoms with Crippen LogP contribution in [0.4, 0.5) is 0 Å². The molecule has 0 fully saturated rings. The van der Waals surface area contributed by atoms with Crippen molar-refractivity contribution in [2.24, 2.45) is 5.73 Å². The van der Waals surface area contributed by atoms with Crippen molar-refractivity contribution < 1.29 is 9.84 Å². The van der Waals surface area contributed by atoms with Gasteiger partial charge in [-0.15, -0.1) is 0 Å². The molecule has 3 N–H and O–H groups in total. The first-order chi connectivity index (χ1) is 9.55. The van der Waals surface area contributed by atoms with E-state index < -0.39 is 6.10 Å². The summed E-state index contributed by atoms with van der Waals surface area (Å²) >= 11 is 0. The second-order valence-corrected chi connectivity index (χ2v) is 7.74. The molecule has 0 radical (unpaired) electrons. The molecule has 0 amide bonds. The summed E-state index contributed by atoms with van der Waals surface area (Å²) in [5, 5.41) is 9.51. The zero-order chi connectivity index (χ0) is 16.3. The lowest BCUT2D eigenvalue weighted by molar-refractivity contribution is 0.145. The second-order valence-electron chi connectivity index (χ2n) is 7.74. The van der Waals surface area contributed by atoms with Gasteiger partial charge in [0.15, 0.2) is 0 Å². The molecular formula is C18H31NO2. The molecule has 0 aliphatic rings. The molecule has 21 heavy (non-hydrogen) atoms. The van der Waals surface area contributed by atoms with Crippen molar-refractivity contribution >= 4 is 0 Å². The van der Waals surface area contributed by atoms with Gasteiger partial charge in [0.25, 0.3) is 0 Å². The minimum absolute atomic E-state index is 0.0169. The molecule has 0 aliphatic heterocycles. The van der Waals surface area contributed by atoms with Gasteiger partial charge < -0.3 is 15.6 Å². The lowest BCUT2D eigenvalue weighted by atomic mass is 9.80. The van der Waals surface area contributed by atoms with E-state index in [4.69, 9.17) is 10.5 Å².